The van der Waals surface area contributed by atoms with Gasteiger partial charge in [0.15, 0.2) is 0 Å². The molecule has 0 amide bonds. The predicted octanol–water partition coefficient (Wildman–Crippen LogP) is 13.2. The summed E-state index contributed by atoms with van der Waals surface area (Å²) < 4.78 is 6.47. The fourth-order valence-electron chi connectivity index (χ4n) is 7.62. The molecule has 0 bridgehead atoms. The van der Waals surface area contributed by atoms with E-state index in [4.69, 9.17) is 4.42 Å². The van der Waals surface area contributed by atoms with Crippen molar-refractivity contribution >= 4 is 54.3 Å². The minimum absolute atomic E-state index is 0.905. The third-order valence-electron chi connectivity index (χ3n) is 9.86. The molecule has 1 nitrogen and oxygen atoms in total. The van der Waals surface area contributed by atoms with E-state index in [1.54, 1.807) is 0 Å². The van der Waals surface area contributed by atoms with Crippen molar-refractivity contribution in [1.82, 2.24) is 0 Å². The second-order valence-electron chi connectivity index (χ2n) is 12.4. The smallest absolute Gasteiger partial charge is 0.136 e. The van der Waals surface area contributed by atoms with Crippen LogP contribution in [0.5, 0.6) is 0 Å². The largest absolute Gasteiger partial charge is 0.456 e. The van der Waals surface area contributed by atoms with Crippen molar-refractivity contribution in [2.45, 2.75) is 0 Å². The van der Waals surface area contributed by atoms with Gasteiger partial charge in [-0.2, -0.15) is 0 Å². The minimum Gasteiger partial charge on any atom is -0.456 e. The van der Waals surface area contributed by atoms with E-state index in [2.05, 4.69) is 170 Å². The highest BCUT2D eigenvalue weighted by Crippen LogP contribution is 2.45. The fourth-order valence-corrected chi connectivity index (χ4v) is 7.62. The summed E-state index contributed by atoms with van der Waals surface area (Å²) in [5.41, 5.74) is 11.6. The molecule has 0 saturated carbocycles. The zero-order chi connectivity index (χ0) is 30.9. The Morgan fingerprint density at radius 2 is 0.830 bits per heavy atom. The molecule has 0 aliphatic heterocycles. The SMILES string of the molecule is c1ccc(-c2ccc(-c3ccc4oc5cccc(-c6ccc7ccc8c(-c9ccccc9)ccc9ccc6c7c98)c5c4c3)cc2)cc1. The van der Waals surface area contributed by atoms with Crippen molar-refractivity contribution in [2.24, 2.45) is 0 Å². The lowest BCUT2D eigenvalue weighted by Gasteiger charge is -2.17. The highest BCUT2D eigenvalue weighted by Gasteiger charge is 2.18. The highest BCUT2D eigenvalue weighted by molar-refractivity contribution is 6.28. The summed E-state index contributed by atoms with van der Waals surface area (Å²) in [6.45, 7) is 0. The van der Waals surface area contributed by atoms with Crippen molar-refractivity contribution in [1.29, 1.82) is 0 Å². The Morgan fingerprint density at radius 1 is 0.277 bits per heavy atom. The molecule has 0 aliphatic carbocycles. The molecule has 0 radical (unpaired) electrons. The fraction of sp³-hybridized carbons (Fsp3) is 0. The Balaban J connectivity index is 1.17. The molecule has 47 heavy (non-hydrogen) atoms. The first-order valence-corrected chi connectivity index (χ1v) is 16.2. The number of furan rings is 1. The first-order valence-electron chi connectivity index (χ1n) is 16.2. The molecule has 218 valence electrons. The second kappa shape index (κ2) is 10.2. The molecule has 10 rings (SSSR count). The summed E-state index contributed by atoms with van der Waals surface area (Å²) >= 11 is 0. The first kappa shape index (κ1) is 26.1. The Morgan fingerprint density at radius 3 is 1.53 bits per heavy atom. The van der Waals surface area contributed by atoms with Crippen molar-refractivity contribution in [2.75, 3.05) is 0 Å². The van der Waals surface area contributed by atoms with Crippen LogP contribution in [0.4, 0.5) is 0 Å². The zero-order valence-electron chi connectivity index (χ0n) is 25.6. The summed E-state index contributed by atoms with van der Waals surface area (Å²) in [4.78, 5) is 0. The van der Waals surface area contributed by atoms with E-state index in [9.17, 15) is 0 Å². The van der Waals surface area contributed by atoms with Crippen LogP contribution in [0.1, 0.15) is 0 Å². The van der Waals surface area contributed by atoms with Crippen LogP contribution in [-0.4, -0.2) is 0 Å². The first-order chi connectivity index (χ1) is 23.3. The molecule has 1 heterocycles. The number of benzene rings is 9. The molecule has 0 spiro atoms. The van der Waals surface area contributed by atoms with Crippen LogP contribution in [0.15, 0.2) is 174 Å². The number of hydrogen-bond acceptors (Lipinski definition) is 1. The van der Waals surface area contributed by atoms with Gasteiger partial charge >= 0.3 is 0 Å². The van der Waals surface area contributed by atoms with E-state index in [1.807, 2.05) is 0 Å². The van der Waals surface area contributed by atoms with Crippen LogP contribution in [0.3, 0.4) is 0 Å². The summed E-state index contributed by atoms with van der Waals surface area (Å²) in [7, 11) is 0. The van der Waals surface area contributed by atoms with E-state index in [1.165, 1.54) is 76.8 Å². The molecule has 1 heteroatoms. The van der Waals surface area contributed by atoms with Crippen LogP contribution in [0.2, 0.25) is 0 Å². The van der Waals surface area contributed by atoms with E-state index >= 15 is 0 Å². The number of fused-ring (bicyclic) bond motifs is 3. The van der Waals surface area contributed by atoms with Crippen molar-refractivity contribution in [3.8, 4) is 44.5 Å². The Kier molecular flexibility index (Phi) is 5.64. The van der Waals surface area contributed by atoms with E-state index in [0.717, 1.165) is 21.9 Å². The molecular formula is C46H28O. The van der Waals surface area contributed by atoms with Gasteiger partial charge in [-0.3, -0.25) is 0 Å². The highest BCUT2D eigenvalue weighted by atomic mass is 16.3. The Hall–Kier alpha value is -6.18. The maximum absolute atomic E-state index is 6.47. The third-order valence-corrected chi connectivity index (χ3v) is 9.86. The normalized spacial score (nSPS) is 11.8. The standard InChI is InChI=1S/C46H28O/c1-3-8-29(9-4-1)30-14-16-31(17-15-30)35-22-27-42-41(28-35)46-38(12-7-13-43(46)47-42)37-24-19-34-20-25-39-36(32-10-5-2-6-11-32)23-18-33-21-26-40(37)45(34)44(33)39/h1-28H. The van der Waals surface area contributed by atoms with E-state index < -0.39 is 0 Å². The van der Waals surface area contributed by atoms with Gasteiger partial charge in [0.1, 0.15) is 11.2 Å². The van der Waals surface area contributed by atoms with Gasteiger partial charge in [-0.1, -0.05) is 152 Å². The quantitative estimate of drug-likeness (QED) is 0.184. The molecule has 0 N–H and O–H groups in total. The lowest BCUT2D eigenvalue weighted by Crippen LogP contribution is -1.89. The van der Waals surface area contributed by atoms with Gasteiger partial charge in [-0.25, -0.2) is 0 Å². The third kappa shape index (κ3) is 4.03. The van der Waals surface area contributed by atoms with Gasteiger partial charge < -0.3 is 4.42 Å². The Bertz CT molecular complexity index is 2750. The molecule has 10 aromatic rings. The minimum atomic E-state index is 0.905. The van der Waals surface area contributed by atoms with Gasteiger partial charge in [0.05, 0.1) is 0 Å². The summed E-state index contributed by atoms with van der Waals surface area (Å²) in [5.74, 6) is 0. The van der Waals surface area contributed by atoms with Crippen molar-refractivity contribution in [3.05, 3.63) is 170 Å². The van der Waals surface area contributed by atoms with Crippen LogP contribution in [0, 0.1) is 0 Å². The van der Waals surface area contributed by atoms with Gasteiger partial charge in [0.25, 0.3) is 0 Å². The molecule has 0 fully saturated rings. The molecule has 0 unspecified atom stereocenters. The number of hydrogen-bond donors (Lipinski definition) is 0. The van der Waals surface area contributed by atoms with Crippen LogP contribution in [0.25, 0.3) is 98.8 Å². The summed E-state index contributed by atoms with van der Waals surface area (Å²) in [6, 6.07) is 61.4. The maximum atomic E-state index is 6.47. The average Bonchev–Trinajstić information content (AvgIpc) is 3.53. The van der Waals surface area contributed by atoms with Crippen molar-refractivity contribution in [3.63, 3.8) is 0 Å². The zero-order valence-corrected chi connectivity index (χ0v) is 25.6. The number of rotatable bonds is 4. The second-order valence-corrected chi connectivity index (χ2v) is 12.4. The van der Waals surface area contributed by atoms with Crippen LogP contribution < -0.4 is 0 Å². The molecule has 0 atom stereocenters. The van der Waals surface area contributed by atoms with E-state index in [-0.39, 0.29) is 0 Å². The lowest BCUT2D eigenvalue weighted by molar-refractivity contribution is 0.669. The summed E-state index contributed by atoms with van der Waals surface area (Å²) in [5, 5.41) is 10.0. The van der Waals surface area contributed by atoms with Gasteiger partial charge in [-0.05, 0) is 95.0 Å². The Labute approximate surface area is 272 Å². The van der Waals surface area contributed by atoms with Gasteiger partial charge in [-0.15, -0.1) is 0 Å². The lowest BCUT2D eigenvalue weighted by atomic mass is 9.86. The maximum Gasteiger partial charge on any atom is 0.136 e. The van der Waals surface area contributed by atoms with Crippen molar-refractivity contribution < 1.29 is 4.42 Å². The van der Waals surface area contributed by atoms with Gasteiger partial charge in [0.2, 0.25) is 0 Å². The molecule has 0 aliphatic rings. The molecule has 0 saturated heterocycles. The molecule has 9 aromatic carbocycles. The van der Waals surface area contributed by atoms with Crippen LogP contribution >= 0.6 is 0 Å². The molecular weight excluding hydrogens is 569 g/mol. The van der Waals surface area contributed by atoms with E-state index in [0.29, 0.717) is 0 Å². The van der Waals surface area contributed by atoms with Crippen LogP contribution in [-0.2, 0) is 0 Å². The monoisotopic (exact) mass is 596 g/mol. The average molecular weight is 597 g/mol. The predicted molar refractivity (Wildman–Crippen MR) is 199 cm³/mol. The topological polar surface area (TPSA) is 13.1 Å². The summed E-state index contributed by atoms with van der Waals surface area (Å²) in [6.07, 6.45) is 0. The molecule has 1 aromatic heterocycles. The van der Waals surface area contributed by atoms with Gasteiger partial charge in [0, 0.05) is 10.8 Å².